The minimum absolute atomic E-state index is 0.203. The lowest BCUT2D eigenvalue weighted by atomic mass is 10.2. The summed E-state index contributed by atoms with van der Waals surface area (Å²) < 4.78 is 27.7. The first-order chi connectivity index (χ1) is 8.91. The SMILES string of the molecule is CN1CCN(c2c(F)cc([N+](=O)[O-])c(Br)c2F)CC1. The van der Waals surface area contributed by atoms with E-state index in [9.17, 15) is 18.9 Å². The first-order valence-electron chi connectivity index (χ1n) is 5.67. The van der Waals surface area contributed by atoms with E-state index < -0.39 is 22.2 Å². The Balaban J connectivity index is 2.41. The molecule has 1 aliphatic rings. The molecule has 1 aliphatic heterocycles. The van der Waals surface area contributed by atoms with Crippen molar-refractivity contribution in [1.29, 1.82) is 0 Å². The van der Waals surface area contributed by atoms with Gasteiger partial charge in [-0.3, -0.25) is 10.1 Å². The van der Waals surface area contributed by atoms with Gasteiger partial charge in [-0.1, -0.05) is 0 Å². The maximum absolute atomic E-state index is 14.1. The van der Waals surface area contributed by atoms with Gasteiger partial charge in [0.15, 0.2) is 11.6 Å². The highest BCUT2D eigenvalue weighted by Crippen LogP contribution is 2.36. The second-order valence-electron chi connectivity index (χ2n) is 4.40. The summed E-state index contributed by atoms with van der Waals surface area (Å²) in [4.78, 5) is 13.5. The van der Waals surface area contributed by atoms with Gasteiger partial charge in [0.1, 0.15) is 10.2 Å². The highest BCUT2D eigenvalue weighted by atomic mass is 79.9. The van der Waals surface area contributed by atoms with Gasteiger partial charge in [0.25, 0.3) is 5.69 Å². The number of piperazine rings is 1. The summed E-state index contributed by atoms with van der Waals surface area (Å²) in [6.45, 7) is 2.34. The molecule has 1 aromatic rings. The van der Waals surface area contributed by atoms with Crippen LogP contribution in [0.5, 0.6) is 0 Å². The molecule has 1 fully saturated rings. The van der Waals surface area contributed by atoms with Gasteiger partial charge in [-0.25, -0.2) is 8.78 Å². The maximum atomic E-state index is 14.1. The third-order valence-electron chi connectivity index (χ3n) is 3.13. The molecule has 1 heterocycles. The van der Waals surface area contributed by atoms with Crippen LogP contribution in [0.4, 0.5) is 20.2 Å². The van der Waals surface area contributed by atoms with E-state index in [2.05, 4.69) is 15.9 Å². The molecule has 0 atom stereocenters. The number of hydrogen-bond donors (Lipinski definition) is 0. The molecule has 2 rings (SSSR count). The Bertz CT molecular complexity index is 519. The van der Waals surface area contributed by atoms with Crippen LogP contribution in [-0.2, 0) is 0 Å². The van der Waals surface area contributed by atoms with Crippen molar-refractivity contribution in [3.05, 3.63) is 32.3 Å². The van der Waals surface area contributed by atoms with Crippen LogP contribution in [0.1, 0.15) is 0 Å². The zero-order valence-electron chi connectivity index (χ0n) is 10.2. The van der Waals surface area contributed by atoms with Gasteiger partial charge in [-0.2, -0.15) is 0 Å². The van der Waals surface area contributed by atoms with Crippen LogP contribution >= 0.6 is 15.9 Å². The Morgan fingerprint density at radius 3 is 2.42 bits per heavy atom. The molecule has 0 aliphatic carbocycles. The van der Waals surface area contributed by atoms with Gasteiger partial charge < -0.3 is 9.80 Å². The predicted molar refractivity (Wildman–Crippen MR) is 70.4 cm³/mol. The summed E-state index contributed by atoms with van der Waals surface area (Å²) in [7, 11) is 1.93. The summed E-state index contributed by atoms with van der Waals surface area (Å²) in [5.74, 6) is -1.83. The largest absolute Gasteiger partial charge is 0.364 e. The standard InChI is InChI=1S/C11H12BrF2N3O2/c1-15-2-4-16(5-3-15)11-7(13)6-8(17(18)19)9(12)10(11)14/h6H,2-5H2,1H3. The molecule has 5 nitrogen and oxygen atoms in total. The summed E-state index contributed by atoms with van der Waals surface area (Å²) in [5.41, 5.74) is -0.807. The lowest BCUT2D eigenvalue weighted by molar-refractivity contribution is -0.386. The molecule has 1 aromatic carbocycles. The van der Waals surface area contributed by atoms with Crippen molar-refractivity contribution in [2.24, 2.45) is 0 Å². The molecule has 0 unspecified atom stereocenters. The fraction of sp³-hybridized carbons (Fsp3) is 0.455. The summed E-state index contributed by atoms with van der Waals surface area (Å²) in [5, 5.41) is 10.7. The average molecular weight is 336 g/mol. The molecule has 0 aromatic heterocycles. The Hall–Kier alpha value is -1.28. The predicted octanol–water partition coefficient (Wildman–Crippen LogP) is 2.39. The van der Waals surface area contributed by atoms with Crippen LogP contribution in [0.2, 0.25) is 0 Å². The number of halogens is 3. The summed E-state index contributed by atoms with van der Waals surface area (Å²) >= 11 is 2.82. The zero-order chi connectivity index (χ0) is 14.2. The first kappa shape index (κ1) is 14.1. The second-order valence-corrected chi connectivity index (χ2v) is 5.19. The molecule has 0 N–H and O–H groups in total. The van der Waals surface area contributed by atoms with Crippen LogP contribution in [-0.4, -0.2) is 43.0 Å². The van der Waals surface area contributed by atoms with Crippen LogP contribution in [0.15, 0.2) is 10.5 Å². The smallest absolute Gasteiger partial charge is 0.289 e. The number of benzene rings is 1. The molecule has 0 saturated carbocycles. The average Bonchev–Trinajstić information content (AvgIpc) is 2.36. The van der Waals surface area contributed by atoms with E-state index in [1.807, 2.05) is 11.9 Å². The molecule has 19 heavy (non-hydrogen) atoms. The number of nitrogens with zero attached hydrogens (tertiary/aromatic N) is 3. The lowest BCUT2D eigenvalue weighted by Gasteiger charge is -2.34. The van der Waals surface area contributed by atoms with Gasteiger partial charge in [0.2, 0.25) is 0 Å². The number of hydrogen-bond acceptors (Lipinski definition) is 4. The quantitative estimate of drug-likeness (QED) is 0.473. The van der Waals surface area contributed by atoms with E-state index >= 15 is 0 Å². The number of likely N-dealkylation sites (N-methyl/N-ethyl adjacent to an activating group) is 1. The van der Waals surface area contributed by atoms with Crippen LogP contribution in [0, 0.1) is 21.7 Å². The van der Waals surface area contributed by atoms with E-state index in [4.69, 9.17) is 0 Å². The van der Waals surface area contributed by atoms with E-state index in [1.165, 1.54) is 0 Å². The van der Waals surface area contributed by atoms with Crippen molar-refractivity contribution in [2.45, 2.75) is 0 Å². The summed E-state index contributed by atoms with van der Waals surface area (Å²) in [6, 6.07) is 0.751. The Kier molecular flexibility index (Phi) is 4.00. The van der Waals surface area contributed by atoms with E-state index in [-0.39, 0.29) is 10.2 Å². The molecule has 104 valence electrons. The Labute approximate surface area is 117 Å². The normalized spacial score (nSPS) is 16.7. The van der Waals surface area contributed by atoms with Crippen LogP contribution in [0.25, 0.3) is 0 Å². The van der Waals surface area contributed by atoms with E-state index in [0.717, 1.165) is 6.07 Å². The lowest BCUT2D eigenvalue weighted by Crippen LogP contribution is -2.45. The van der Waals surface area contributed by atoms with Gasteiger partial charge >= 0.3 is 0 Å². The van der Waals surface area contributed by atoms with E-state index in [0.29, 0.717) is 26.2 Å². The topological polar surface area (TPSA) is 49.6 Å². The van der Waals surface area contributed by atoms with E-state index in [1.54, 1.807) is 4.90 Å². The molecule has 0 spiro atoms. The molecule has 1 saturated heterocycles. The Morgan fingerprint density at radius 2 is 1.89 bits per heavy atom. The van der Waals surface area contributed by atoms with Gasteiger partial charge in [0, 0.05) is 26.2 Å². The minimum atomic E-state index is -0.920. The Morgan fingerprint density at radius 1 is 1.32 bits per heavy atom. The second kappa shape index (κ2) is 5.38. The fourth-order valence-electron chi connectivity index (χ4n) is 2.03. The van der Waals surface area contributed by atoms with Crippen LogP contribution in [0.3, 0.4) is 0 Å². The molecule has 8 heteroatoms. The number of rotatable bonds is 2. The van der Waals surface area contributed by atoms with Crippen molar-refractivity contribution >= 4 is 27.3 Å². The highest BCUT2D eigenvalue weighted by molar-refractivity contribution is 9.10. The monoisotopic (exact) mass is 335 g/mol. The minimum Gasteiger partial charge on any atom is -0.364 e. The van der Waals surface area contributed by atoms with Crippen molar-refractivity contribution in [2.75, 3.05) is 38.1 Å². The van der Waals surface area contributed by atoms with Crippen molar-refractivity contribution in [3.63, 3.8) is 0 Å². The zero-order valence-corrected chi connectivity index (χ0v) is 11.8. The molecule has 0 bridgehead atoms. The third kappa shape index (κ3) is 2.69. The fourth-order valence-corrected chi connectivity index (χ4v) is 2.47. The van der Waals surface area contributed by atoms with Crippen molar-refractivity contribution in [3.8, 4) is 0 Å². The highest BCUT2D eigenvalue weighted by Gasteiger charge is 2.28. The summed E-state index contributed by atoms with van der Waals surface area (Å²) in [6.07, 6.45) is 0. The van der Waals surface area contributed by atoms with Gasteiger partial charge in [-0.05, 0) is 23.0 Å². The molecular formula is C11H12BrF2N3O2. The molecular weight excluding hydrogens is 324 g/mol. The van der Waals surface area contributed by atoms with Gasteiger partial charge in [-0.15, -0.1) is 0 Å². The molecule has 0 radical (unpaired) electrons. The third-order valence-corrected chi connectivity index (χ3v) is 3.89. The van der Waals surface area contributed by atoms with Crippen LogP contribution < -0.4 is 4.90 Å². The first-order valence-corrected chi connectivity index (χ1v) is 6.46. The van der Waals surface area contributed by atoms with Crippen molar-refractivity contribution in [1.82, 2.24) is 4.90 Å². The number of nitro benzene ring substituents is 1. The van der Waals surface area contributed by atoms with Gasteiger partial charge in [0.05, 0.1) is 11.0 Å². The maximum Gasteiger partial charge on any atom is 0.289 e. The number of nitro groups is 1. The molecule has 0 amide bonds. The van der Waals surface area contributed by atoms with Crippen molar-refractivity contribution < 1.29 is 13.7 Å². The number of anilines is 1.